The summed E-state index contributed by atoms with van der Waals surface area (Å²) in [5.41, 5.74) is 0.191. The summed E-state index contributed by atoms with van der Waals surface area (Å²) in [6.07, 6.45) is 8.97. The predicted octanol–water partition coefficient (Wildman–Crippen LogP) is 1.27. The van der Waals surface area contributed by atoms with E-state index >= 15 is 0 Å². The largest absolute Gasteiger partial charge is 0.396 e. The van der Waals surface area contributed by atoms with Gasteiger partial charge in [-0.2, -0.15) is 0 Å². The molecule has 0 spiro atoms. The highest BCUT2D eigenvalue weighted by molar-refractivity contribution is 4.85. The van der Waals surface area contributed by atoms with Gasteiger partial charge in [-0.25, -0.2) is 0 Å². The summed E-state index contributed by atoms with van der Waals surface area (Å²) >= 11 is 0. The van der Waals surface area contributed by atoms with Crippen LogP contribution >= 0.6 is 0 Å². The molecule has 0 radical (unpaired) electrons. The van der Waals surface area contributed by atoms with Crippen LogP contribution in [0, 0.1) is 5.41 Å². The van der Waals surface area contributed by atoms with Crippen molar-refractivity contribution in [3.05, 3.63) is 0 Å². The molecular formula is C13H26N2O. The first kappa shape index (κ1) is 12.3. The maximum atomic E-state index is 9.58. The van der Waals surface area contributed by atoms with E-state index in [4.69, 9.17) is 0 Å². The molecule has 0 aromatic rings. The van der Waals surface area contributed by atoms with E-state index in [2.05, 4.69) is 10.6 Å². The summed E-state index contributed by atoms with van der Waals surface area (Å²) in [5.74, 6) is 0. The highest BCUT2D eigenvalue weighted by atomic mass is 16.3. The Kier molecular flexibility index (Phi) is 4.62. The summed E-state index contributed by atoms with van der Waals surface area (Å²) in [6.45, 7) is 3.61. The first-order chi connectivity index (χ1) is 7.85. The summed E-state index contributed by atoms with van der Waals surface area (Å²) < 4.78 is 0. The highest BCUT2D eigenvalue weighted by Gasteiger charge is 2.31. The van der Waals surface area contributed by atoms with E-state index < -0.39 is 0 Å². The third-order valence-corrected chi connectivity index (χ3v) is 4.30. The molecule has 0 aromatic carbocycles. The summed E-state index contributed by atoms with van der Waals surface area (Å²) in [7, 11) is 0. The molecule has 1 heterocycles. The Morgan fingerprint density at radius 1 is 1.19 bits per heavy atom. The number of hydrogen-bond donors (Lipinski definition) is 3. The van der Waals surface area contributed by atoms with Crippen LogP contribution in [0.3, 0.4) is 0 Å². The molecule has 3 heteroatoms. The number of aliphatic hydroxyl groups excluding tert-OH is 1. The maximum Gasteiger partial charge on any atom is 0.0499 e. The normalized spacial score (nSPS) is 29.4. The quantitative estimate of drug-likeness (QED) is 0.661. The van der Waals surface area contributed by atoms with Gasteiger partial charge in [0.2, 0.25) is 0 Å². The zero-order valence-corrected chi connectivity index (χ0v) is 10.3. The molecule has 0 amide bonds. The van der Waals surface area contributed by atoms with Crippen molar-refractivity contribution in [2.45, 2.75) is 51.0 Å². The van der Waals surface area contributed by atoms with Gasteiger partial charge in [0.15, 0.2) is 0 Å². The van der Waals surface area contributed by atoms with E-state index in [1.54, 1.807) is 0 Å². The van der Waals surface area contributed by atoms with Crippen molar-refractivity contribution in [3.8, 4) is 0 Å². The van der Waals surface area contributed by atoms with Crippen LogP contribution in [0.25, 0.3) is 0 Å². The van der Waals surface area contributed by atoms with Crippen molar-refractivity contribution < 1.29 is 5.11 Å². The Hall–Kier alpha value is -0.120. The lowest BCUT2D eigenvalue weighted by Crippen LogP contribution is -2.43. The number of nitrogens with one attached hydrogen (secondary N) is 2. The molecule has 16 heavy (non-hydrogen) atoms. The fourth-order valence-corrected chi connectivity index (χ4v) is 3.14. The molecule has 3 N–H and O–H groups in total. The smallest absolute Gasteiger partial charge is 0.0499 e. The third kappa shape index (κ3) is 3.19. The zero-order chi connectivity index (χ0) is 11.3. The summed E-state index contributed by atoms with van der Waals surface area (Å²) in [4.78, 5) is 0. The van der Waals surface area contributed by atoms with Crippen LogP contribution in [0.5, 0.6) is 0 Å². The van der Waals surface area contributed by atoms with Crippen molar-refractivity contribution in [1.82, 2.24) is 10.6 Å². The minimum absolute atomic E-state index is 0.191. The van der Waals surface area contributed by atoms with Crippen LogP contribution < -0.4 is 10.6 Å². The van der Waals surface area contributed by atoms with Crippen molar-refractivity contribution in [2.75, 3.05) is 26.2 Å². The fraction of sp³-hybridized carbons (Fsp3) is 1.00. The zero-order valence-electron chi connectivity index (χ0n) is 10.3. The lowest BCUT2D eigenvalue weighted by atomic mass is 9.74. The van der Waals surface area contributed by atoms with E-state index in [1.807, 2.05) is 0 Å². The van der Waals surface area contributed by atoms with Crippen LogP contribution in [-0.2, 0) is 0 Å². The molecule has 3 nitrogen and oxygen atoms in total. The lowest BCUT2D eigenvalue weighted by Gasteiger charge is -2.36. The second-order valence-corrected chi connectivity index (χ2v) is 5.64. The molecule has 94 valence electrons. The van der Waals surface area contributed by atoms with E-state index in [-0.39, 0.29) is 5.41 Å². The summed E-state index contributed by atoms with van der Waals surface area (Å²) in [5, 5.41) is 16.6. The lowest BCUT2D eigenvalue weighted by molar-refractivity contribution is 0.0810. The topological polar surface area (TPSA) is 44.3 Å². The van der Waals surface area contributed by atoms with Crippen molar-refractivity contribution >= 4 is 0 Å². The predicted molar refractivity (Wildman–Crippen MR) is 66.5 cm³/mol. The second kappa shape index (κ2) is 5.99. The minimum Gasteiger partial charge on any atom is -0.396 e. The SMILES string of the molecule is OCC1(CNCC2CCCN2)CCCCC1. The van der Waals surface area contributed by atoms with E-state index in [9.17, 15) is 5.11 Å². The maximum absolute atomic E-state index is 9.58. The fourth-order valence-electron chi connectivity index (χ4n) is 3.14. The molecule has 2 rings (SSSR count). The number of rotatable bonds is 5. The highest BCUT2D eigenvalue weighted by Crippen LogP contribution is 2.35. The van der Waals surface area contributed by atoms with Gasteiger partial charge in [-0.15, -0.1) is 0 Å². The molecule has 1 unspecified atom stereocenters. The van der Waals surface area contributed by atoms with E-state index in [0.29, 0.717) is 12.6 Å². The van der Waals surface area contributed by atoms with Gasteiger partial charge < -0.3 is 15.7 Å². The van der Waals surface area contributed by atoms with Crippen LogP contribution in [0.2, 0.25) is 0 Å². The molecule has 2 aliphatic rings. The van der Waals surface area contributed by atoms with Crippen LogP contribution in [0.1, 0.15) is 44.9 Å². The summed E-state index contributed by atoms with van der Waals surface area (Å²) in [6, 6.07) is 0.666. The molecule has 1 saturated heterocycles. The monoisotopic (exact) mass is 226 g/mol. The first-order valence-electron chi connectivity index (χ1n) is 6.90. The van der Waals surface area contributed by atoms with E-state index in [1.165, 1.54) is 51.5 Å². The van der Waals surface area contributed by atoms with Gasteiger partial charge in [0, 0.05) is 31.2 Å². The minimum atomic E-state index is 0.191. The Morgan fingerprint density at radius 2 is 2.00 bits per heavy atom. The second-order valence-electron chi connectivity index (χ2n) is 5.64. The molecule has 1 saturated carbocycles. The molecule has 1 aliphatic heterocycles. The van der Waals surface area contributed by atoms with Gasteiger partial charge in [-0.1, -0.05) is 19.3 Å². The van der Waals surface area contributed by atoms with Crippen molar-refractivity contribution in [1.29, 1.82) is 0 Å². The molecule has 1 atom stereocenters. The molecular weight excluding hydrogens is 200 g/mol. The molecule has 0 aromatic heterocycles. The van der Waals surface area contributed by atoms with Gasteiger partial charge in [-0.05, 0) is 32.2 Å². The van der Waals surface area contributed by atoms with Gasteiger partial charge >= 0.3 is 0 Å². The van der Waals surface area contributed by atoms with Crippen LogP contribution in [0.15, 0.2) is 0 Å². The van der Waals surface area contributed by atoms with Gasteiger partial charge in [0.25, 0.3) is 0 Å². The van der Waals surface area contributed by atoms with Crippen molar-refractivity contribution in [3.63, 3.8) is 0 Å². The average Bonchev–Trinajstić information content (AvgIpc) is 2.83. The van der Waals surface area contributed by atoms with E-state index in [0.717, 1.165) is 13.1 Å². The Morgan fingerprint density at radius 3 is 2.62 bits per heavy atom. The molecule has 2 fully saturated rings. The standard InChI is InChI=1S/C13H26N2O/c16-11-13(6-2-1-3-7-13)10-14-9-12-5-4-8-15-12/h12,14-16H,1-11H2. The van der Waals surface area contributed by atoms with Crippen LogP contribution in [-0.4, -0.2) is 37.4 Å². The molecule has 1 aliphatic carbocycles. The van der Waals surface area contributed by atoms with Gasteiger partial charge in [0.1, 0.15) is 0 Å². The average molecular weight is 226 g/mol. The first-order valence-corrected chi connectivity index (χ1v) is 6.90. The van der Waals surface area contributed by atoms with Gasteiger partial charge in [-0.3, -0.25) is 0 Å². The Bertz CT molecular complexity index is 196. The molecule has 0 bridgehead atoms. The van der Waals surface area contributed by atoms with Crippen molar-refractivity contribution in [2.24, 2.45) is 5.41 Å². The van der Waals surface area contributed by atoms with Crippen LogP contribution in [0.4, 0.5) is 0 Å². The number of hydrogen-bond acceptors (Lipinski definition) is 3. The third-order valence-electron chi connectivity index (χ3n) is 4.30. The number of aliphatic hydroxyl groups is 1. The Balaban J connectivity index is 1.69. The Labute approximate surface area is 99.0 Å². The van der Waals surface area contributed by atoms with Gasteiger partial charge in [0.05, 0.1) is 0 Å².